The van der Waals surface area contributed by atoms with Crippen LogP contribution in [0.1, 0.15) is 22.8 Å². The molecule has 0 bridgehead atoms. The van der Waals surface area contributed by atoms with Crippen molar-refractivity contribution in [2.24, 2.45) is 0 Å². The van der Waals surface area contributed by atoms with E-state index in [1.165, 1.54) is 12.3 Å². The second kappa shape index (κ2) is 10.3. The Morgan fingerprint density at radius 3 is 2.64 bits per heavy atom. The van der Waals surface area contributed by atoms with Gasteiger partial charge in [-0.3, -0.25) is 9.59 Å². The number of carbonyl (C=O) groups excluding carboxylic acids is 1. The van der Waals surface area contributed by atoms with Crippen LogP contribution >= 0.6 is 11.6 Å². The van der Waals surface area contributed by atoms with Crippen molar-refractivity contribution in [2.45, 2.75) is 13.5 Å². The second-order valence-corrected chi connectivity index (χ2v) is 9.55. The second-order valence-electron chi connectivity index (χ2n) is 9.14. The third kappa shape index (κ3) is 4.62. The van der Waals surface area contributed by atoms with Crippen LogP contribution in [0.2, 0.25) is 5.02 Å². The first-order chi connectivity index (χ1) is 18.7. The minimum absolute atomic E-state index is 0.00648. The van der Waals surface area contributed by atoms with Gasteiger partial charge in [0.15, 0.2) is 0 Å². The molecule has 0 unspecified atom stereocenters. The summed E-state index contributed by atoms with van der Waals surface area (Å²) in [5.41, 5.74) is 0.901. The molecule has 39 heavy (non-hydrogen) atoms. The molecule has 0 atom stereocenters. The molecule has 1 amide bonds. The number of amides is 1. The summed E-state index contributed by atoms with van der Waals surface area (Å²) in [6.45, 7) is 3.29. The highest BCUT2D eigenvalue weighted by atomic mass is 35.5. The van der Waals surface area contributed by atoms with Crippen molar-refractivity contribution >= 4 is 57.0 Å². The van der Waals surface area contributed by atoms with Gasteiger partial charge in [-0.1, -0.05) is 17.7 Å². The molecular formula is C28H23ClFN5O4. The quantitative estimate of drug-likeness (QED) is 0.284. The first-order valence-electron chi connectivity index (χ1n) is 12.2. The van der Waals surface area contributed by atoms with E-state index in [2.05, 4.69) is 4.98 Å². The molecule has 0 spiro atoms. The highest BCUT2D eigenvalue weighted by Gasteiger charge is 2.26. The monoisotopic (exact) mass is 547 g/mol. The van der Waals surface area contributed by atoms with Gasteiger partial charge in [0.05, 0.1) is 16.2 Å². The number of piperazine rings is 1. The van der Waals surface area contributed by atoms with Crippen LogP contribution in [0.3, 0.4) is 0 Å². The fourth-order valence-corrected chi connectivity index (χ4v) is 5.24. The Labute approximate surface area is 226 Å². The summed E-state index contributed by atoms with van der Waals surface area (Å²) < 4.78 is 16.8. The number of aromatic amines is 1. The zero-order valence-corrected chi connectivity index (χ0v) is 21.6. The van der Waals surface area contributed by atoms with Crippen LogP contribution in [-0.2, 0) is 11.3 Å². The molecule has 1 aliphatic rings. The molecule has 1 aliphatic heterocycles. The average Bonchev–Trinajstić information content (AvgIpc) is 3.35. The lowest BCUT2D eigenvalue weighted by Gasteiger charge is -2.36. The Morgan fingerprint density at radius 2 is 1.97 bits per heavy atom. The van der Waals surface area contributed by atoms with Gasteiger partial charge >= 0.3 is 5.97 Å². The number of halogens is 2. The van der Waals surface area contributed by atoms with Crippen LogP contribution in [0.15, 0.2) is 53.1 Å². The lowest BCUT2D eigenvalue weighted by molar-refractivity contribution is -0.126. The topological polar surface area (TPSA) is 122 Å². The first-order valence-corrected chi connectivity index (χ1v) is 12.6. The lowest BCUT2D eigenvalue weighted by atomic mass is 10.1. The molecule has 1 saturated heterocycles. The zero-order chi connectivity index (χ0) is 27.8. The normalized spacial score (nSPS) is 14.2. The molecule has 3 heterocycles. The Kier molecular flexibility index (Phi) is 6.85. The lowest BCUT2D eigenvalue weighted by Crippen LogP contribution is -2.49. The number of pyridine rings is 1. The fraction of sp³-hybridized carbons (Fsp3) is 0.214. The van der Waals surface area contributed by atoms with Crippen molar-refractivity contribution in [3.8, 4) is 6.07 Å². The number of carboxylic acid groups (broad SMARTS) is 1. The van der Waals surface area contributed by atoms with Crippen LogP contribution in [0, 0.1) is 17.1 Å². The summed E-state index contributed by atoms with van der Waals surface area (Å²) in [6.07, 6.45) is 4.47. The van der Waals surface area contributed by atoms with Crippen molar-refractivity contribution in [2.75, 3.05) is 31.1 Å². The first kappa shape index (κ1) is 26.0. The van der Waals surface area contributed by atoms with Crippen molar-refractivity contribution in [1.82, 2.24) is 14.5 Å². The molecule has 2 aromatic carbocycles. The molecule has 0 aliphatic carbocycles. The van der Waals surface area contributed by atoms with Crippen LogP contribution in [0.4, 0.5) is 10.1 Å². The summed E-state index contributed by atoms with van der Waals surface area (Å²) in [7, 11) is 0. The van der Waals surface area contributed by atoms with Gasteiger partial charge in [-0.2, -0.15) is 5.26 Å². The molecule has 11 heteroatoms. The largest absolute Gasteiger partial charge is 0.477 e. The van der Waals surface area contributed by atoms with Gasteiger partial charge in [-0.15, -0.1) is 0 Å². The van der Waals surface area contributed by atoms with E-state index in [0.717, 1.165) is 17.0 Å². The minimum Gasteiger partial charge on any atom is -0.477 e. The minimum atomic E-state index is -1.37. The number of hydrogen-bond acceptors (Lipinski definition) is 5. The predicted molar refractivity (Wildman–Crippen MR) is 146 cm³/mol. The maximum Gasteiger partial charge on any atom is 0.341 e. The Bertz CT molecular complexity index is 1780. The molecule has 9 nitrogen and oxygen atoms in total. The number of aryl methyl sites for hydroxylation is 1. The van der Waals surface area contributed by atoms with E-state index in [0.29, 0.717) is 35.7 Å². The van der Waals surface area contributed by atoms with Crippen LogP contribution in [0.25, 0.3) is 27.9 Å². The van der Waals surface area contributed by atoms with E-state index in [1.54, 1.807) is 45.7 Å². The van der Waals surface area contributed by atoms with E-state index >= 15 is 4.39 Å². The van der Waals surface area contributed by atoms with Gasteiger partial charge < -0.3 is 24.5 Å². The number of anilines is 1. The van der Waals surface area contributed by atoms with E-state index in [4.69, 9.17) is 11.6 Å². The summed E-state index contributed by atoms with van der Waals surface area (Å²) >= 11 is 6.32. The summed E-state index contributed by atoms with van der Waals surface area (Å²) in [5, 5.41) is 20.3. The molecule has 0 radical (unpaired) electrons. The highest BCUT2D eigenvalue weighted by molar-refractivity contribution is 6.36. The number of aromatic carboxylic acids is 1. The standard InChI is InChI=1S/C28H23ClFN5O4/c1-2-33-15-19(28(38)39)26(36)18-11-21(30)24(12-23(18)33)34-6-8-35(9-7-34)27(37)16(13-31)10-17-14-32-22-5-3-4-20(29)25(17)22/h3-5,10-12,14-15,32H,2,6-9H2,1H3,(H,38,39)/b16-10+. The number of benzene rings is 2. The number of aromatic nitrogens is 2. The third-order valence-corrected chi connectivity index (χ3v) is 7.28. The maximum absolute atomic E-state index is 15.2. The van der Waals surface area contributed by atoms with Gasteiger partial charge in [0.1, 0.15) is 23.0 Å². The van der Waals surface area contributed by atoms with Crippen LogP contribution in [-0.4, -0.2) is 57.6 Å². The number of nitriles is 1. The summed E-state index contributed by atoms with van der Waals surface area (Å²) in [6, 6.07) is 9.99. The Morgan fingerprint density at radius 1 is 1.23 bits per heavy atom. The molecular weight excluding hydrogens is 525 g/mol. The number of nitrogens with zero attached hydrogens (tertiary/aromatic N) is 4. The van der Waals surface area contributed by atoms with E-state index in [-0.39, 0.29) is 29.7 Å². The molecule has 5 rings (SSSR count). The zero-order valence-electron chi connectivity index (χ0n) is 20.9. The molecule has 2 N–H and O–H groups in total. The number of carboxylic acids is 1. The van der Waals surface area contributed by atoms with Gasteiger partial charge in [-0.25, -0.2) is 9.18 Å². The Hall–Kier alpha value is -4.62. The van der Waals surface area contributed by atoms with Gasteiger partial charge in [0, 0.05) is 67.0 Å². The fourth-order valence-electron chi connectivity index (χ4n) is 4.95. The molecule has 2 aromatic heterocycles. The van der Waals surface area contributed by atoms with E-state index < -0.39 is 28.7 Å². The van der Waals surface area contributed by atoms with Crippen LogP contribution in [0.5, 0.6) is 0 Å². The molecule has 1 fully saturated rings. The number of carbonyl (C=O) groups is 2. The third-order valence-electron chi connectivity index (χ3n) is 6.96. The highest BCUT2D eigenvalue weighted by Crippen LogP contribution is 2.29. The number of fused-ring (bicyclic) bond motifs is 2. The predicted octanol–water partition coefficient (Wildman–Crippen LogP) is 4.25. The van der Waals surface area contributed by atoms with Crippen molar-refractivity contribution < 1.29 is 19.1 Å². The number of rotatable bonds is 5. The van der Waals surface area contributed by atoms with Gasteiger partial charge in [0.25, 0.3) is 5.91 Å². The molecule has 4 aromatic rings. The molecule has 198 valence electrons. The summed E-state index contributed by atoms with van der Waals surface area (Å²) in [4.78, 5) is 43.7. The number of nitrogens with one attached hydrogen (secondary N) is 1. The van der Waals surface area contributed by atoms with Crippen LogP contribution < -0.4 is 10.3 Å². The smallest absolute Gasteiger partial charge is 0.341 e. The SMILES string of the molecule is CCn1cc(C(=O)O)c(=O)c2cc(F)c(N3CCN(C(=O)/C(C#N)=C/c4c[nH]c5cccc(Cl)c45)CC3)cc21. The summed E-state index contributed by atoms with van der Waals surface area (Å²) in [5.74, 6) is -2.45. The van der Waals surface area contributed by atoms with Gasteiger partial charge in [0.2, 0.25) is 5.43 Å². The number of hydrogen-bond donors (Lipinski definition) is 2. The maximum atomic E-state index is 15.2. The van der Waals surface area contributed by atoms with E-state index in [1.807, 2.05) is 12.1 Å². The Balaban J connectivity index is 1.39. The van der Waals surface area contributed by atoms with Crippen molar-refractivity contribution in [3.63, 3.8) is 0 Å². The van der Waals surface area contributed by atoms with E-state index in [9.17, 15) is 24.8 Å². The average molecular weight is 548 g/mol. The van der Waals surface area contributed by atoms with Crippen molar-refractivity contribution in [1.29, 1.82) is 5.26 Å². The molecule has 0 saturated carbocycles. The van der Waals surface area contributed by atoms with Gasteiger partial charge in [-0.05, 0) is 37.3 Å². The van der Waals surface area contributed by atoms with Crippen molar-refractivity contribution in [3.05, 3.63) is 80.5 Å². The number of H-pyrrole nitrogens is 1.